The molecule has 0 aliphatic heterocycles. The average molecular weight is 265 g/mol. The van der Waals surface area contributed by atoms with E-state index in [1.165, 1.54) is 19.3 Å². The van der Waals surface area contributed by atoms with Gasteiger partial charge in [0.25, 0.3) is 0 Å². The van der Waals surface area contributed by atoms with E-state index >= 15 is 0 Å². The summed E-state index contributed by atoms with van der Waals surface area (Å²) in [5, 5.41) is 11.0. The Hall–Kier alpha value is -0.510. The van der Waals surface area contributed by atoms with Crippen LogP contribution in [-0.2, 0) is 0 Å². The molecule has 0 radical (unpaired) electrons. The molecule has 3 heteroatoms. The number of hydrogen-bond donors (Lipinski definition) is 1. The van der Waals surface area contributed by atoms with Crippen LogP contribution in [-0.4, -0.2) is 41.1 Å². The second-order valence-corrected chi connectivity index (χ2v) is 6.33. The smallest absolute Gasteiger partial charge is 0.0916 e. The van der Waals surface area contributed by atoms with Gasteiger partial charge in [0.2, 0.25) is 0 Å². The fourth-order valence-corrected chi connectivity index (χ4v) is 3.52. The number of rotatable bonds is 5. The van der Waals surface area contributed by atoms with Crippen LogP contribution >= 0.6 is 11.8 Å². The highest BCUT2D eigenvalue weighted by Crippen LogP contribution is 2.31. The molecule has 0 aromatic heterocycles. The highest BCUT2D eigenvalue weighted by Gasteiger charge is 2.27. The summed E-state index contributed by atoms with van der Waals surface area (Å²) in [6, 6.07) is 10.6. The Morgan fingerprint density at radius 2 is 2.06 bits per heavy atom. The molecular formula is C15H23NOS. The van der Waals surface area contributed by atoms with Crippen LogP contribution in [0.15, 0.2) is 30.3 Å². The van der Waals surface area contributed by atoms with Crippen molar-refractivity contribution >= 4 is 11.8 Å². The average Bonchev–Trinajstić information content (AvgIpc) is 2.88. The zero-order valence-corrected chi connectivity index (χ0v) is 12.1. The maximum Gasteiger partial charge on any atom is 0.0916 e. The lowest BCUT2D eigenvalue weighted by molar-refractivity contribution is 0.105. The monoisotopic (exact) mass is 265 g/mol. The van der Waals surface area contributed by atoms with E-state index in [9.17, 15) is 5.11 Å². The molecule has 1 aliphatic carbocycles. The topological polar surface area (TPSA) is 23.5 Å². The van der Waals surface area contributed by atoms with Crippen LogP contribution in [0.5, 0.6) is 0 Å². The Balaban J connectivity index is 1.86. The quantitative estimate of drug-likeness (QED) is 0.885. The van der Waals surface area contributed by atoms with Gasteiger partial charge in [-0.1, -0.05) is 30.3 Å². The van der Waals surface area contributed by atoms with E-state index in [1.54, 1.807) is 0 Å². The molecule has 2 nitrogen and oxygen atoms in total. The van der Waals surface area contributed by atoms with Crippen molar-refractivity contribution in [2.75, 3.05) is 19.8 Å². The van der Waals surface area contributed by atoms with Crippen LogP contribution in [0, 0.1) is 0 Å². The minimum absolute atomic E-state index is 0.371. The van der Waals surface area contributed by atoms with Crippen LogP contribution in [0.4, 0.5) is 0 Å². The van der Waals surface area contributed by atoms with Gasteiger partial charge in [-0.25, -0.2) is 0 Å². The minimum atomic E-state index is -0.371. The summed E-state index contributed by atoms with van der Waals surface area (Å²) in [5.41, 5.74) is 1.02. The summed E-state index contributed by atoms with van der Waals surface area (Å²) in [5.74, 6) is 0. The van der Waals surface area contributed by atoms with E-state index in [1.807, 2.05) is 42.1 Å². The van der Waals surface area contributed by atoms with Gasteiger partial charge >= 0.3 is 0 Å². The molecule has 1 fully saturated rings. The van der Waals surface area contributed by atoms with Gasteiger partial charge in [-0.15, -0.1) is 0 Å². The van der Waals surface area contributed by atoms with Crippen LogP contribution in [0.1, 0.15) is 30.9 Å². The Bertz CT molecular complexity index is 357. The van der Waals surface area contributed by atoms with Crippen molar-refractivity contribution in [2.45, 2.75) is 36.7 Å². The fraction of sp³-hybridized carbons (Fsp3) is 0.600. The molecule has 0 heterocycles. The van der Waals surface area contributed by atoms with Crippen molar-refractivity contribution in [3.05, 3.63) is 35.9 Å². The normalized spacial score (nSPS) is 25.6. The molecule has 3 atom stereocenters. The van der Waals surface area contributed by atoms with Gasteiger partial charge in [0.15, 0.2) is 0 Å². The van der Waals surface area contributed by atoms with Crippen LogP contribution in [0.3, 0.4) is 0 Å². The molecule has 0 unspecified atom stereocenters. The van der Waals surface area contributed by atoms with E-state index in [0.717, 1.165) is 17.4 Å². The van der Waals surface area contributed by atoms with Gasteiger partial charge in [-0.05, 0) is 38.1 Å². The first-order chi connectivity index (χ1) is 8.70. The molecular weight excluding hydrogens is 242 g/mol. The third kappa shape index (κ3) is 3.50. The fourth-order valence-electron chi connectivity index (χ4n) is 2.73. The molecule has 1 saturated carbocycles. The van der Waals surface area contributed by atoms with Crippen LogP contribution < -0.4 is 0 Å². The van der Waals surface area contributed by atoms with Crippen LogP contribution in [0.25, 0.3) is 0 Å². The second kappa shape index (κ2) is 6.60. The van der Waals surface area contributed by atoms with Gasteiger partial charge in [0.05, 0.1) is 6.10 Å². The summed E-state index contributed by atoms with van der Waals surface area (Å²) in [6.07, 6.45) is 5.68. The number of likely N-dealkylation sites (N-methyl/N-ethyl adjacent to an activating group) is 1. The van der Waals surface area contributed by atoms with Gasteiger partial charge in [-0.3, -0.25) is 0 Å². The Morgan fingerprint density at radius 1 is 1.33 bits per heavy atom. The number of thioether (sulfide) groups is 1. The molecule has 18 heavy (non-hydrogen) atoms. The standard InChI is InChI=1S/C15H23NOS/c1-16(13-8-9-14(10-13)18-2)11-15(17)12-6-4-3-5-7-12/h3-7,13-15,17H,8-11H2,1-2H3/t13-,14-,15+/m1/s1. The molecule has 0 spiro atoms. The van der Waals surface area contributed by atoms with Crippen molar-refractivity contribution in [2.24, 2.45) is 0 Å². The first kappa shape index (κ1) is 13.9. The maximum atomic E-state index is 10.2. The Morgan fingerprint density at radius 3 is 2.67 bits per heavy atom. The lowest BCUT2D eigenvalue weighted by Crippen LogP contribution is -2.33. The lowest BCUT2D eigenvalue weighted by atomic mass is 10.1. The van der Waals surface area contributed by atoms with Crippen molar-refractivity contribution in [3.63, 3.8) is 0 Å². The largest absolute Gasteiger partial charge is 0.387 e. The SMILES string of the molecule is CS[C@@H]1CC[C@@H](N(C)C[C@H](O)c2ccccc2)C1. The Labute approximate surface area is 114 Å². The van der Waals surface area contributed by atoms with Gasteiger partial charge in [-0.2, -0.15) is 11.8 Å². The summed E-state index contributed by atoms with van der Waals surface area (Å²) < 4.78 is 0. The van der Waals surface area contributed by atoms with Gasteiger partial charge in [0.1, 0.15) is 0 Å². The van der Waals surface area contributed by atoms with Gasteiger partial charge < -0.3 is 10.0 Å². The zero-order valence-electron chi connectivity index (χ0n) is 11.2. The third-order valence-corrected chi connectivity index (χ3v) is 5.05. The van der Waals surface area contributed by atoms with Crippen molar-refractivity contribution < 1.29 is 5.11 Å². The first-order valence-electron chi connectivity index (χ1n) is 6.66. The first-order valence-corrected chi connectivity index (χ1v) is 7.95. The number of nitrogens with zero attached hydrogens (tertiary/aromatic N) is 1. The summed E-state index contributed by atoms with van der Waals surface area (Å²) in [7, 11) is 2.14. The molecule has 1 N–H and O–H groups in total. The molecule has 1 aromatic rings. The van der Waals surface area contributed by atoms with E-state index in [0.29, 0.717) is 6.04 Å². The predicted octanol–water partition coefficient (Wildman–Crippen LogP) is 2.94. The Kier molecular flexibility index (Phi) is 5.10. The van der Waals surface area contributed by atoms with Gasteiger partial charge in [0, 0.05) is 17.8 Å². The van der Waals surface area contributed by atoms with Crippen molar-refractivity contribution in [3.8, 4) is 0 Å². The molecule has 100 valence electrons. The van der Waals surface area contributed by atoms with E-state index in [-0.39, 0.29) is 6.10 Å². The second-order valence-electron chi connectivity index (χ2n) is 5.19. The van der Waals surface area contributed by atoms with E-state index < -0.39 is 0 Å². The molecule has 0 saturated heterocycles. The van der Waals surface area contributed by atoms with E-state index in [2.05, 4.69) is 18.2 Å². The predicted molar refractivity (Wildman–Crippen MR) is 79.0 cm³/mol. The third-order valence-electron chi connectivity index (χ3n) is 3.96. The molecule has 2 rings (SSSR count). The molecule has 0 amide bonds. The van der Waals surface area contributed by atoms with Crippen molar-refractivity contribution in [1.82, 2.24) is 4.90 Å². The summed E-state index contributed by atoms with van der Waals surface area (Å²) in [6.45, 7) is 0.732. The molecule has 1 aromatic carbocycles. The minimum Gasteiger partial charge on any atom is -0.387 e. The zero-order chi connectivity index (χ0) is 13.0. The number of aliphatic hydroxyl groups is 1. The number of benzene rings is 1. The van der Waals surface area contributed by atoms with E-state index in [4.69, 9.17) is 0 Å². The number of hydrogen-bond acceptors (Lipinski definition) is 3. The number of aliphatic hydroxyl groups excluding tert-OH is 1. The summed E-state index contributed by atoms with van der Waals surface area (Å²) in [4.78, 5) is 2.33. The van der Waals surface area contributed by atoms with Crippen molar-refractivity contribution in [1.29, 1.82) is 0 Å². The molecule has 1 aliphatic rings. The molecule has 0 bridgehead atoms. The summed E-state index contributed by atoms with van der Waals surface area (Å²) >= 11 is 1.98. The lowest BCUT2D eigenvalue weighted by Gasteiger charge is -2.27. The van der Waals surface area contributed by atoms with Crippen LogP contribution in [0.2, 0.25) is 0 Å². The highest BCUT2D eigenvalue weighted by molar-refractivity contribution is 7.99. The highest BCUT2D eigenvalue weighted by atomic mass is 32.2. The maximum absolute atomic E-state index is 10.2.